The maximum atomic E-state index is 12.2. The van der Waals surface area contributed by atoms with Crippen LogP contribution in [-0.2, 0) is 17.6 Å². The molecule has 5 heteroatoms. The largest absolute Gasteiger partial charge is 0.463 e. The van der Waals surface area contributed by atoms with Gasteiger partial charge in [-0.1, -0.05) is 30.3 Å². The number of benzene rings is 1. The summed E-state index contributed by atoms with van der Waals surface area (Å²) in [6.07, 6.45) is -1.80. The van der Waals surface area contributed by atoms with Crippen LogP contribution in [0.25, 0.3) is 0 Å². The molecule has 1 saturated heterocycles. The van der Waals surface area contributed by atoms with E-state index in [1.165, 1.54) is 11.6 Å². The molecular weight excluding hydrogens is 284 g/mol. The first-order valence-electron chi connectivity index (χ1n) is 7.37. The molecule has 1 aliphatic heterocycles. The molecule has 0 saturated carbocycles. The summed E-state index contributed by atoms with van der Waals surface area (Å²) in [5.41, 5.74) is 0.999. The monoisotopic (exact) mass is 300 g/mol. The second-order valence-electron chi connectivity index (χ2n) is 5.80. The van der Waals surface area contributed by atoms with Gasteiger partial charge < -0.3 is 19.4 Å². The third-order valence-corrected chi connectivity index (χ3v) is 4.31. The molecule has 2 aromatic rings. The van der Waals surface area contributed by atoms with Crippen molar-refractivity contribution in [1.29, 1.82) is 0 Å². The summed E-state index contributed by atoms with van der Waals surface area (Å²) >= 11 is 0. The lowest BCUT2D eigenvalue weighted by Crippen LogP contribution is -2.33. The van der Waals surface area contributed by atoms with Crippen molar-refractivity contribution in [3.63, 3.8) is 0 Å². The molecule has 1 aliphatic carbocycles. The fourth-order valence-corrected chi connectivity index (χ4v) is 3.05. The van der Waals surface area contributed by atoms with Gasteiger partial charge in [0, 0.05) is 12.5 Å². The molecule has 1 fully saturated rings. The summed E-state index contributed by atoms with van der Waals surface area (Å²) in [6, 6.07) is 11.4. The van der Waals surface area contributed by atoms with Crippen LogP contribution in [0.2, 0.25) is 0 Å². The Morgan fingerprint density at radius 2 is 1.86 bits per heavy atom. The first-order valence-corrected chi connectivity index (χ1v) is 7.37. The molecule has 0 amide bonds. The Hall–Kier alpha value is -1.95. The van der Waals surface area contributed by atoms with E-state index >= 15 is 0 Å². The predicted molar refractivity (Wildman–Crippen MR) is 77.4 cm³/mol. The summed E-state index contributed by atoms with van der Waals surface area (Å²) in [7, 11) is 0. The zero-order valence-electron chi connectivity index (χ0n) is 11.8. The van der Waals surface area contributed by atoms with Crippen LogP contribution in [-0.4, -0.2) is 22.4 Å². The van der Waals surface area contributed by atoms with Crippen molar-refractivity contribution in [2.75, 3.05) is 0 Å². The number of ether oxygens (including phenoxy) is 1. The van der Waals surface area contributed by atoms with E-state index in [2.05, 4.69) is 0 Å². The molecule has 5 nitrogen and oxygen atoms in total. The lowest BCUT2D eigenvalue weighted by Gasteiger charge is -2.21. The van der Waals surface area contributed by atoms with Crippen molar-refractivity contribution in [2.45, 2.75) is 37.3 Å². The second kappa shape index (κ2) is 5.05. The normalized spacial score (nSPS) is 28.8. The molecule has 114 valence electrons. The number of fused-ring (bicyclic) bond motifs is 3. The Labute approximate surface area is 126 Å². The van der Waals surface area contributed by atoms with Crippen LogP contribution in [0.3, 0.4) is 0 Å². The summed E-state index contributed by atoms with van der Waals surface area (Å²) < 4.78 is 11.1. The number of aliphatic hydroxyl groups excluding tert-OH is 2. The van der Waals surface area contributed by atoms with Crippen molar-refractivity contribution in [3.8, 4) is 0 Å². The highest BCUT2D eigenvalue weighted by Gasteiger charge is 2.56. The topological polar surface area (TPSA) is 83.2 Å². The highest BCUT2D eigenvalue weighted by molar-refractivity contribution is 5.33. The number of aliphatic hydroxyl groups is 2. The van der Waals surface area contributed by atoms with E-state index in [1.807, 2.05) is 30.3 Å². The maximum absolute atomic E-state index is 12.2. The number of hydrogen-bond donors (Lipinski definition) is 2. The van der Waals surface area contributed by atoms with Crippen molar-refractivity contribution >= 4 is 0 Å². The van der Waals surface area contributed by atoms with Crippen LogP contribution in [0.4, 0.5) is 0 Å². The number of hydrogen-bond acceptors (Lipinski definition) is 5. The smallest absolute Gasteiger partial charge is 0.191 e. The molecule has 22 heavy (non-hydrogen) atoms. The lowest BCUT2D eigenvalue weighted by atomic mass is 9.91. The Balaban J connectivity index is 1.62. The predicted octanol–water partition coefficient (Wildman–Crippen LogP) is 1.27. The highest BCUT2D eigenvalue weighted by atomic mass is 16.6. The van der Waals surface area contributed by atoms with Crippen LogP contribution in [0.15, 0.2) is 45.6 Å². The van der Waals surface area contributed by atoms with E-state index in [0.29, 0.717) is 17.9 Å². The SMILES string of the molecule is O=c1cc(CCc2ccccc2)oc2c1[C@H](O)[C@@H](O)[C@H]1O[C@@H]21. The van der Waals surface area contributed by atoms with Gasteiger partial charge in [-0.3, -0.25) is 4.79 Å². The van der Waals surface area contributed by atoms with Gasteiger partial charge in [0.1, 0.15) is 35.9 Å². The minimum Gasteiger partial charge on any atom is -0.463 e. The average molecular weight is 300 g/mol. The molecule has 1 aromatic heterocycles. The van der Waals surface area contributed by atoms with E-state index in [1.54, 1.807) is 0 Å². The molecule has 2 heterocycles. The van der Waals surface area contributed by atoms with Gasteiger partial charge in [-0.2, -0.15) is 0 Å². The molecule has 0 spiro atoms. The second-order valence-corrected chi connectivity index (χ2v) is 5.80. The molecule has 0 bridgehead atoms. The molecule has 0 radical (unpaired) electrons. The van der Waals surface area contributed by atoms with E-state index in [9.17, 15) is 15.0 Å². The van der Waals surface area contributed by atoms with Crippen molar-refractivity contribution in [1.82, 2.24) is 0 Å². The highest BCUT2D eigenvalue weighted by Crippen LogP contribution is 2.49. The lowest BCUT2D eigenvalue weighted by molar-refractivity contribution is -0.00238. The van der Waals surface area contributed by atoms with Crippen LogP contribution in [0.5, 0.6) is 0 Å². The Kier molecular flexibility index (Phi) is 3.14. The van der Waals surface area contributed by atoms with Gasteiger partial charge in [-0.05, 0) is 12.0 Å². The molecule has 4 rings (SSSR count). The molecule has 0 unspecified atom stereocenters. The first-order chi connectivity index (χ1) is 10.6. The fourth-order valence-electron chi connectivity index (χ4n) is 3.05. The molecule has 1 aromatic carbocycles. The zero-order valence-corrected chi connectivity index (χ0v) is 11.8. The van der Waals surface area contributed by atoms with Gasteiger partial charge in [-0.15, -0.1) is 0 Å². The van der Waals surface area contributed by atoms with Gasteiger partial charge >= 0.3 is 0 Å². The average Bonchev–Trinajstić information content (AvgIpc) is 3.32. The minimum atomic E-state index is -1.24. The number of aryl methyl sites for hydroxylation is 2. The molecule has 4 atom stereocenters. The number of epoxide rings is 1. The Bertz CT molecular complexity index is 751. The fraction of sp³-hybridized carbons (Fsp3) is 0.353. The van der Waals surface area contributed by atoms with Crippen molar-refractivity contribution in [3.05, 3.63) is 69.3 Å². The standard InChI is InChI=1S/C17H16O5/c18-11-8-10(7-6-9-4-2-1-3-5-9)21-15-12(11)13(19)14(20)16-17(15)22-16/h1-5,8,13-14,16-17,19-20H,6-7H2/t13-,14+,16+,17-/m0/s1. The van der Waals surface area contributed by atoms with E-state index < -0.39 is 24.4 Å². The Morgan fingerprint density at radius 3 is 2.64 bits per heavy atom. The summed E-state index contributed by atoms with van der Waals surface area (Å²) in [6.45, 7) is 0. The molecule has 2 aliphatic rings. The minimum absolute atomic E-state index is 0.134. The zero-order chi connectivity index (χ0) is 15.3. The molecular formula is C17H16O5. The van der Waals surface area contributed by atoms with Crippen LogP contribution in [0, 0.1) is 0 Å². The third-order valence-electron chi connectivity index (χ3n) is 4.31. The molecule has 2 N–H and O–H groups in total. The van der Waals surface area contributed by atoms with Gasteiger partial charge in [0.25, 0.3) is 0 Å². The first kappa shape index (κ1) is 13.7. The Morgan fingerprint density at radius 1 is 1.09 bits per heavy atom. The van der Waals surface area contributed by atoms with Gasteiger partial charge in [0.15, 0.2) is 5.43 Å². The third kappa shape index (κ3) is 2.18. The van der Waals surface area contributed by atoms with Gasteiger partial charge in [0.05, 0.1) is 5.56 Å². The summed E-state index contributed by atoms with van der Waals surface area (Å²) in [5, 5.41) is 19.8. The van der Waals surface area contributed by atoms with Crippen LogP contribution < -0.4 is 5.43 Å². The maximum Gasteiger partial charge on any atom is 0.191 e. The summed E-state index contributed by atoms with van der Waals surface area (Å²) in [5.74, 6) is 0.948. The van der Waals surface area contributed by atoms with E-state index in [4.69, 9.17) is 9.15 Å². The van der Waals surface area contributed by atoms with Crippen LogP contribution in [0.1, 0.15) is 34.9 Å². The van der Waals surface area contributed by atoms with E-state index in [0.717, 1.165) is 6.42 Å². The van der Waals surface area contributed by atoms with Gasteiger partial charge in [0.2, 0.25) is 0 Å². The van der Waals surface area contributed by atoms with Gasteiger partial charge in [-0.25, -0.2) is 0 Å². The quantitative estimate of drug-likeness (QED) is 0.834. The number of rotatable bonds is 3. The van der Waals surface area contributed by atoms with E-state index in [-0.39, 0.29) is 11.0 Å². The van der Waals surface area contributed by atoms with Crippen LogP contribution >= 0.6 is 0 Å². The van der Waals surface area contributed by atoms with Crippen molar-refractivity contribution < 1.29 is 19.4 Å². The summed E-state index contributed by atoms with van der Waals surface area (Å²) in [4.78, 5) is 12.2. The van der Waals surface area contributed by atoms with Crippen molar-refractivity contribution in [2.24, 2.45) is 0 Å².